The van der Waals surface area contributed by atoms with E-state index in [2.05, 4.69) is 25.9 Å². The molecule has 7 N–H and O–H groups in total. The summed E-state index contributed by atoms with van der Waals surface area (Å²) < 4.78 is 0. The van der Waals surface area contributed by atoms with Gasteiger partial charge in [-0.3, -0.25) is 19.3 Å². The third kappa shape index (κ3) is 5.14. The number of rotatable bonds is 10. The molecule has 0 aliphatic carbocycles. The van der Waals surface area contributed by atoms with Crippen molar-refractivity contribution in [3.63, 3.8) is 0 Å². The fourth-order valence-corrected chi connectivity index (χ4v) is 6.51. The molecule has 3 heterocycles. The van der Waals surface area contributed by atoms with Crippen LogP contribution < -0.4 is 11.1 Å². The number of aliphatic carboxylic acids is 2. The van der Waals surface area contributed by atoms with Crippen molar-refractivity contribution in [2.75, 3.05) is 5.75 Å². The van der Waals surface area contributed by atoms with Crippen LogP contribution in [0.1, 0.15) is 17.5 Å². The van der Waals surface area contributed by atoms with Crippen LogP contribution in [0.3, 0.4) is 0 Å². The first-order valence-electron chi connectivity index (χ1n) is 10.5. The molecule has 1 aromatic heterocycles. The molecule has 2 aliphatic rings. The van der Waals surface area contributed by atoms with Gasteiger partial charge in [0.25, 0.3) is 5.91 Å². The van der Waals surface area contributed by atoms with E-state index in [0.717, 1.165) is 16.7 Å². The summed E-state index contributed by atoms with van der Waals surface area (Å²) in [6, 6.07) is 3.52. The maximum Gasteiger partial charge on any atom is 0.352 e. The molecule has 1 aromatic carbocycles. The maximum absolute atomic E-state index is 13.0. The smallest absolute Gasteiger partial charge is 0.352 e. The number of fused-ring (bicyclic) bond motifs is 1. The number of nitrogens with zero attached hydrogens (tertiary/aromatic N) is 4. The van der Waals surface area contributed by atoms with Gasteiger partial charge in [-0.05, 0) is 34.0 Å². The zero-order chi connectivity index (χ0) is 26.0. The van der Waals surface area contributed by atoms with E-state index in [9.17, 15) is 34.5 Å². The van der Waals surface area contributed by atoms with E-state index in [-0.39, 0.29) is 40.9 Å². The van der Waals surface area contributed by atoms with Crippen molar-refractivity contribution in [1.29, 1.82) is 0 Å². The molecule has 0 bridgehead atoms. The summed E-state index contributed by atoms with van der Waals surface area (Å²) in [5.74, 6) is -3.47. The molecule has 0 radical (unpaired) electrons. The monoisotopic (exact) mass is 535 g/mol. The third-order valence-corrected chi connectivity index (χ3v) is 8.02. The Morgan fingerprint density at radius 2 is 2.08 bits per heavy atom. The van der Waals surface area contributed by atoms with Gasteiger partial charge in [-0.15, -0.1) is 22.0 Å². The Kier molecular flexibility index (Phi) is 7.46. The van der Waals surface area contributed by atoms with Crippen LogP contribution in [0, 0.1) is 0 Å². The minimum absolute atomic E-state index is 0.0190. The first-order valence-corrected chi connectivity index (χ1v) is 12.5. The second-order valence-electron chi connectivity index (χ2n) is 7.87. The van der Waals surface area contributed by atoms with Gasteiger partial charge in [0.05, 0.1) is 12.8 Å². The van der Waals surface area contributed by atoms with Crippen molar-refractivity contribution in [3.8, 4) is 5.75 Å². The van der Waals surface area contributed by atoms with Crippen LogP contribution in [-0.2, 0) is 32.1 Å². The van der Waals surface area contributed by atoms with Crippen LogP contribution in [0.25, 0.3) is 0 Å². The Labute approximate surface area is 211 Å². The molecule has 1 fully saturated rings. The van der Waals surface area contributed by atoms with E-state index in [1.54, 1.807) is 6.07 Å². The lowest BCUT2D eigenvalue weighted by Gasteiger charge is -2.50. The lowest BCUT2D eigenvalue weighted by molar-refractivity contribution is -0.150. The summed E-state index contributed by atoms with van der Waals surface area (Å²) >= 11 is 2.16. The maximum atomic E-state index is 13.0. The number of carboxylic acid groups (broad SMARTS) is 2. The molecule has 190 valence electrons. The first-order chi connectivity index (χ1) is 17.2. The zero-order valence-corrected chi connectivity index (χ0v) is 20.1. The van der Waals surface area contributed by atoms with Crippen LogP contribution in [0.2, 0.25) is 0 Å². The number of carboxylic acids is 2. The van der Waals surface area contributed by atoms with E-state index < -0.39 is 46.8 Å². The van der Waals surface area contributed by atoms with E-state index in [1.807, 2.05) is 0 Å². The Morgan fingerprint density at radius 1 is 1.31 bits per heavy atom. The number of hydrogen-bond acceptors (Lipinski definition) is 11. The molecule has 2 aliphatic heterocycles. The van der Waals surface area contributed by atoms with Gasteiger partial charge in [0, 0.05) is 17.5 Å². The molecule has 2 unspecified atom stereocenters. The van der Waals surface area contributed by atoms with Gasteiger partial charge < -0.3 is 26.4 Å². The van der Waals surface area contributed by atoms with Crippen LogP contribution in [0.4, 0.5) is 0 Å². The summed E-state index contributed by atoms with van der Waals surface area (Å²) in [4.78, 5) is 50.3. The average molecular weight is 536 g/mol. The van der Waals surface area contributed by atoms with Crippen molar-refractivity contribution < 1.29 is 34.5 Å². The SMILES string of the molecule is NCc1cc(O)ccc1CC(=O)NC1C(=O)N2C(C(=O)O)=C(C(CC(=O)O)Sc3nn[nH]n3)CS[C@@H]12. The van der Waals surface area contributed by atoms with E-state index in [1.165, 1.54) is 23.9 Å². The summed E-state index contributed by atoms with van der Waals surface area (Å²) in [7, 11) is 0. The molecule has 3 atom stereocenters. The fraction of sp³-hybridized carbons (Fsp3) is 0.350. The Balaban J connectivity index is 1.52. The summed E-state index contributed by atoms with van der Waals surface area (Å²) in [5, 5.41) is 43.4. The molecule has 1 saturated heterocycles. The van der Waals surface area contributed by atoms with Gasteiger partial charge >= 0.3 is 11.9 Å². The summed E-state index contributed by atoms with van der Waals surface area (Å²) in [6.07, 6.45) is -0.502. The highest BCUT2D eigenvalue weighted by molar-refractivity contribution is 8.01. The van der Waals surface area contributed by atoms with Crippen molar-refractivity contribution in [1.82, 2.24) is 30.8 Å². The molecule has 16 heteroatoms. The standard InChI is InChI=1S/C20H21N7O7S2/c21-6-9-3-10(28)2-1-8(9)4-13(29)22-15-17(32)27-16(19(33)34)11(7-35-18(15)27)12(5-14(30)31)36-20-23-25-26-24-20/h1-3,12,15,18,28H,4-7,21H2,(H,22,29)(H,30,31)(H,33,34)(H,23,24,25,26)/t12?,15?,18-/m0/s1. The van der Waals surface area contributed by atoms with Gasteiger partial charge in [-0.1, -0.05) is 17.8 Å². The minimum atomic E-state index is -1.38. The van der Waals surface area contributed by atoms with Gasteiger partial charge in [0.2, 0.25) is 11.1 Å². The number of β-lactam (4-membered cyclic amide) rings is 1. The van der Waals surface area contributed by atoms with Crippen molar-refractivity contribution in [2.24, 2.45) is 5.73 Å². The zero-order valence-electron chi connectivity index (χ0n) is 18.4. The largest absolute Gasteiger partial charge is 0.508 e. The van der Waals surface area contributed by atoms with Gasteiger partial charge in [-0.2, -0.15) is 5.21 Å². The molecule has 36 heavy (non-hydrogen) atoms. The van der Waals surface area contributed by atoms with Gasteiger partial charge in [0.1, 0.15) is 22.9 Å². The second kappa shape index (κ2) is 10.5. The topological polar surface area (TPSA) is 225 Å². The Hall–Kier alpha value is -3.63. The molecule has 14 nitrogen and oxygen atoms in total. The quantitative estimate of drug-likeness (QED) is 0.163. The van der Waals surface area contributed by atoms with E-state index in [4.69, 9.17) is 5.73 Å². The average Bonchev–Trinajstić information content (AvgIpc) is 3.35. The number of thioether (sulfide) groups is 2. The lowest BCUT2D eigenvalue weighted by Crippen LogP contribution is -2.70. The van der Waals surface area contributed by atoms with Crippen LogP contribution >= 0.6 is 23.5 Å². The lowest BCUT2D eigenvalue weighted by atomic mass is 9.99. The van der Waals surface area contributed by atoms with Crippen LogP contribution in [0.5, 0.6) is 5.75 Å². The van der Waals surface area contributed by atoms with Crippen molar-refractivity contribution in [3.05, 3.63) is 40.6 Å². The highest BCUT2D eigenvalue weighted by atomic mass is 32.2. The molecule has 0 saturated carbocycles. The van der Waals surface area contributed by atoms with Crippen molar-refractivity contribution in [2.45, 2.75) is 41.2 Å². The minimum Gasteiger partial charge on any atom is -0.508 e. The summed E-state index contributed by atoms with van der Waals surface area (Å²) in [5.41, 5.74) is 6.80. The number of aromatic hydroxyl groups is 1. The van der Waals surface area contributed by atoms with Gasteiger partial charge in [-0.25, -0.2) is 4.79 Å². The number of aromatic amines is 1. The predicted octanol–water partition coefficient (Wildman–Crippen LogP) is -0.719. The molecule has 2 amide bonds. The number of H-pyrrole nitrogens is 1. The number of benzene rings is 1. The number of phenolic OH excluding ortho intramolecular Hbond substituents is 1. The molecule has 0 spiro atoms. The van der Waals surface area contributed by atoms with E-state index in [0.29, 0.717) is 11.1 Å². The number of carbonyl (C=O) groups excluding carboxylic acids is 2. The number of tetrazole rings is 1. The number of nitrogens with two attached hydrogens (primary N) is 1. The normalized spacial score (nSPS) is 19.9. The highest BCUT2D eigenvalue weighted by Crippen LogP contribution is 2.44. The fourth-order valence-electron chi connectivity index (χ4n) is 3.99. The van der Waals surface area contributed by atoms with Crippen LogP contribution in [-0.4, -0.2) is 87.0 Å². The number of carbonyl (C=O) groups is 4. The number of phenols is 1. The molecule has 2 aromatic rings. The number of nitrogens with one attached hydrogen (secondary N) is 2. The Morgan fingerprint density at radius 3 is 2.72 bits per heavy atom. The molecular weight excluding hydrogens is 514 g/mol. The first kappa shape index (κ1) is 25.5. The number of amides is 2. The van der Waals surface area contributed by atoms with E-state index >= 15 is 0 Å². The number of hydrogen-bond donors (Lipinski definition) is 6. The Bertz CT molecular complexity index is 1240. The van der Waals surface area contributed by atoms with Crippen molar-refractivity contribution >= 4 is 47.3 Å². The molecular formula is C20H21N7O7S2. The second-order valence-corrected chi connectivity index (χ2v) is 10.1. The third-order valence-electron chi connectivity index (χ3n) is 5.60. The van der Waals surface area contributed by atoms with Crippen LogP contribution in [0.15, 0.2) is 34.6 Å². The predicted molar refractivity (Wildman–Crippen MR) is 125 cm³/mol. The summed E-state index contributed by atoms with van der Waals surface area (Å²) in [6.45, 7) is 0.112. The molecule has 4 rings (SSSR count). The highest BCUT2D eigenvalue weighted by Gasteiger charge is 2.55. The van der Waals surface area contributed by atoms with Gasteiger partial charge in [0.15, 0.2) is 0 Å². The number of aromatic nitrogens is 4.